The van der Waals surface area contributed by atoms with Gasteiger partial charge >= 0.3 is 0 Å². The van der Waals surface area contributed by atoms with Gasteiger partial charge in [-0.15, -0.1) is 12.4 Å². The lowest BCUT2D eigenvalue weighted by atomic mass is 9.97. The molecule has 1 heterocycles. The van der Waals surface area contributed by atoms with Crippen LogP contribution in [0, 0.1) is 0 Å². The summed E-state index contributed by atoms with van der Waals surface area (Å²) in [6.45, 7) is 3.85. The van der Waals surface area contributed by atoms with Crippen LogP contribution < -0.4 is 10.6 Å². The molecule has 1 aliphatic heterocycles. The smallest absolute Gasteiger partial charge is 0.249 e. The summed E-state index contributed by atoms with van der Waals surface area (Å²) in [5.41, 5.74) is 0. The molecular formula is C15H29ClN2O2. The van der Waals surface area contributed by atoms with Crippen LogP contribution in [0.3, 0.4) is 0 Å². The van der Waals surface area contributed by atoms with E-state index in [0.29, 0.717) is 12.1 Å². The molecule has 2 fully saturated rings. The Balaban J connectivity index is 0.00000200. The van der Waals surface area contributed by atoms with Gasteiger partial charge in [0.05, 0.1) is 6.10 Å². The molecule has 2 N–H and O–H groups in total. The van der Waals surface area contributed by atoms with Crippen molar-refractivity contribution < 1.29 is 9.53 Å². The lowest BCUT2D eigenvalue weighted by Crippen LogP contribution is -2.43. The third-order valence-corrected chi connectivity index (χ3v) is 4.26. The Kier molecular flexibility index (Phi) is 8.50. The van der Waals surface area contributed by atoms with Gasteiger partial charge in [-0.25, -0.2) is 0 Å². The van der Waals surface area contributed by atoms with Crippen LogP contribution in [-0.2, 0) is 9.53 Å². The zero-order valence-corrected chi connectivity index (χ0v) is 13.3. The molecule has 0 spiro atoms. The van der Waals surface area contributed by atoms with Crippen molar-refractivity contribution >= 4 is 18.3 Å². The van der Waals surface area contributed by atoms with Gasteiger partial charge in [-0.3, -0.25) is 4.79 Å². The molecule has 2 unspecified atom stereocenters. The van der Waals surface area contributed by atoms with Crippen LogP contribution in [0.5, 0.6) is 0 Å². The van der Waals surface area contributed by atoms with Crippen molar-refractivity contribution in [1.29, 1.82) is 0 Å². The quantitative estimate of drug-likeness (QED) is 0.792. The van der Waals surface area contributed by atoms with Crippen molar-refractivity contribution in [2.75, 3.05) is 13.1 Å². The molecule has 118 valence electrons. The lowest BCUT2D eigenvalue weighted by Gasteiger charge is -2.26. The Bertz CT molecular complexity index is 277. The number of carbonyl (C=O) groups is 1. The molecule has 2 aliphatic rings. The minimum absolute atomic E-state index is 0. The summed E-state index contributed by atoms with van der Waals surface area (Å²) in [4.78, 5) is 12.1. The highest BCUT2D eigenvalue weighted by molar-refractivity contribution is 5.85. The predicted octanol–water partition coefficient (Wildman–Crippen LogP) is 2.40. The summed E-state index contributed by atoms with van der Waals surface area (Å²) in [5.74, 6) is 0.0711. The minimum atomic E-state index is -0.260. The normalized spacial score (nSPS) is 24.9. The summed E-state index contributed by atoms with van der Waals surface area (Å²) >= 11 is 0. The summed E-state index contributed by atoms with van der Waals surface area (Å²) < 4.78 is 5.99. The van der Waals surface area contributed by atoms with E-state index in [1.165, 1.54) is 32.1 Å². The first-order chi connectivity index (χ1) is 9.29. The molecule has 0 aromatic rings. The molecule has 0 aromatic carbocycles. The molecule has 20 heavy (non-hydrogen) atoms. The zero-order valence-electron chi connectivity index (χ0n) is 12.5. The molecule has 2 atom stereocenters. The maximum Gasteiger partial charge on any atom is 0.249 e. The third kappa shape index (κ3) is 5.58. The topological polar surface area (TPSA) is 50.4 Å². The molecular weight excluding hydrogens is 276 g/mol. The Morgan fingerprint density at radius 1 is 1.25 bits per heavy atom. The molecule has 2 rings (SSSR count). The predicted molar refractivity (Wildman–Crippen MR) is 83.3 cm³/mol. The first-order valence-electron chi connectivity index (χ1n) is 7.96. The van der Waals surface area contributed by atoms with Gasteiger partial charge < -0.3 is 15.4 Å². The van der Waals surface area contributed by atoms with Crippen LogP contribution in [0.25, 0.3) is 0 Å². The highest BCUT2D eigenvalue weighted by Crippen LogP contribution is 2.22. The van der Waals surface area contributed by atoms with Gasteiger partial charge in [-0.05, 0) is 38.6 Å². The number of hydrogen-bond donors (Lipinski definition) is 2. The largest absolute Gasteiger partial charge is 0.365 e. The van der Waals surface area contributed by atoms with Crippen LogP contribution in [0.2, 0.25) is 0 Å². The van der Waals surface area contributed by atoms with Crippen molar-refractivity contribution in [2.24, 2.45) is 0 Å². The first kappa shape index (κ1) is 17.7. The monoisotopic (exact) mass is 304 g/mol. The van der Waals surface area contributed by atoms with Crippen LogP contribution in [-0.4, -0.2) is 37.2 Å². The number of nitrogens with one attached hydrogen (secondary N) is 2. The van der Waals surface area contributed by atoms with E-state index in [4.69, 9.17) is 4.74 Å². The van der Waals surface area contributed by atoms with Crippen molar-refractivity contribution in [3.63, 3.8) is 0 Å². The third-order valence-electron chi connectivity index (χ3n) is 4.26. The second kappa shape index (κ2) is 9.59. The van der Waals surface area contributed by atoms with Crippen molar-refractivity contribution in [1.82, 2.24) is 10.6 Å². The summed E-state index contributed by atoms with van der Waals surface area (Å²) in [6.07, 6.45) is 9.23. The van der Waals surface area contributed by atoms with Crippen molar-refractivity contribution in [3.8, 4) is 0 Å². The highest BCUT2D eigenvalue weighted by Gasteiger charge is 2.24. The highest BCUT2D eigenvalue weighted by atomic mass is 35.5. The van der Waals surface area contributed by atoms with Gasteiger partial charge in [0.25, 0.3) is 0 Å². The van der Waals surface area contributed by atoms with E-state index in [0.717, 1.165) is 32.4 Å². The summed E-state index contributed by atoms with van der Waals surface area (Å²) in [5, 5.41) is 6.43. The average Bonchev–Trinajstić information content (AvgIpc) is 2.96. The van der Waals surface area contributed by atoms with Crippen LogP contribution in [0.4, 0.5) is 0 Å². The van der Waals surface area contributed by atoms with Crippen molar-refractivity contribution in [2.45, 2.75) is 76.5 Å². The van der Waals surface area contributed by atoms with E-state index < -0.39 is 0 Å². The second-order valence-corrected chi connectivity index (χ2v) is 5.83. The summed E-state index contributed by atoms with van der Waals surface area (Å²) in [7, 11) is 0. The molecule has 0 aromatic heterocycles. The first-order valence-corrected chi connectivity index (χ1v) is 7.96. The van der Waals surface area contributed by atoms with Gasteiger partial charge in [0.2, 0.25) is 5.91 Å². The lowest BCUT2D eigenvalue weighted by molar-refractivity contribution is -0.138. The molecule has 1 saturated heterocycles. The van der Waals surface area contributed by atoms with Gasteiger partial charge in [0, 0.05) is 12.6 Å². The Labute approximate surface area is 128 Å². The van der Waals surface area contributed by atoms with E-state index in [2.05, 4.69) is 10.6 Å². The average molecular weight is 305 g/mol. The van der Waals surface area contributed by atoms with E-state index in [1.54, 1.807) is 0 Å². The fourth-order valence-electron chi connectivity index (χ4n) is 3.05. The fraction of sp³-hybridized carbons (Fsp3) is 0.933. The Hall–Kier alpha value is -0.320. The SMILES string of the molecule is CCC(OC1CCCCC1)C(=O)NCC1CCCN1.Cl. The summed E-state index contributed by atoms with van der Waals surface area (Å²) in [6, 6.07) is 0.455. The molecule has 1 aliphatic carbocycles. The number of hydrogen-bond acceptors (Lipinski definition) is 3. The van der Waals surface area contributed by atoms with Crippen LogP contribution in [0.1, 0.15) is 58.3 Å². The van der Waals surface area contributed by atoms with E-state index >= 15 is 0 Å². The maximum absolute atomic E-state index is 12.1. The minimum Gasteiger partial charge on any atom is -0.365 e. The maximum atomic E-state index is 12.1. The van der Waals surface area contributed by atoms with Gasteiger partial charge in [-0.1, -0.05) is 26.2 Å². The van der Waals surface area contributed by atoms with Gasteiger partial charge in [0.15, 0.2) is 0 Å². The van der Waals surface area contributed by atoms with E-state index in [9.17, 15) is 4.79 Å². The number of carbonyl (C=O) groups excluding carboxylic acids is 1. The number of amides is 1. The van der Waals surface area contributed by atoms with Gasteiger partial charge in [-0.2, -0.15) is 0 Å². The molecule has 0 bridgehead atoms. The standard InChI is InChI=1S/C15H28N2O2.ClH/c1-2-14(19-13-8-4-3-5-9-13)15(18)17-11-12-7-6-10-16-12;/h12-14,16H,2-11H2,1H3,(H,17,18);1H. The van der Waals surface area contributed by atoms with Crippen molar-refractivity contribution in [3.05, 3.63) is 0 Å². The Morgan fingerprint density at radius 2 is 2.00 bits per heavy atom. The second-order valence-electron chi connectivity index (χ2n) is 5.83. The van der Waals surface area contributed by atoms with Crippen LogP contribution >= 0.6 is 12.4 Å². The number of ether oxygens (including phenoxy) is 1. The number of rotatable bonds is 6. The molecule has 1 saturated carbocycles. The zero-order chi connectivity index (χ0) is 13.5. The fourth-order valence-corrected chi connectivity index (χ4v) is 3.05. The van der Waals surface area contributed by atoms with Gasteiger partial charge in [0.1, 0.15) is 6.10 Å². The molecule has 5 heteroatoms. The molecule has 1 amide bonds. The molecule has 0 radical (unpaired) electrons. The van der Waals surface area contributed by atoms with Crippen LogP contribution in [0.15, 0.2) is 0 Å². The Morgan fingerprint density at radius 3 is 2.60 bits per heavy atom. The van der Waals surface area contributed by atoms with E-state index in [-0.39, 0.29) is 24.4 Å². The number of halogens is 1. The van der Waals surface area contributed by atoms with E-state index in [1.807, 2.05) is 6.92 Å². The molecule has 4 nitrogen and oxygen atoms in total.